The Morgan fingerprint density at radius 1 is 1.08 bits per heavy atom. The lowest BCUT2D eigenvalue weighted by Crippen LogP contribution is -2.17. The summed E-state index contributed by atoms with van der Waals surface area (Å²) in [5.41, 5.74) is 2.73. The Kier molecular flexibility index (Phi) is 7.06. The third kappa shape index (κ3) is 5.21. The van der Waals surface area contributed by atoms with Crippen molar-refractivity contribution in [3.05, 3.63) is 77.2 Å². The Balaban J connectivity index is 1.48. The quantitative estimate of drug-likeness (QED) is 0.243. The third-order valence-corrected chi connectivity index (χ3v) is 6.43. The third-order valence-electron chi connectivity index (χ3n) is 6.43. The standard InChI is InChI=1S/C28H30N6O4/c1-4-5-11-23-32-25(38-34-23)20-15-29-27(33-24(20)31-22(16-35)17-9-7-6-8-10-17)30-18-12-13-19-21(14-18)28(2,3)37-26(19)36/h6-10,12-15,22,35H,4-5,11,16H2,1-3H3,(H2,29,30,31,33). The van der Waals surface area contributed by atoms with Gasteiger partial charge in [0, 0.05) is 23.9 Å². The molecule has 0 saturated carbocycles. The summed E-state index contributed by atoms with van der Waals surface area (Å²) in [5.74, 6) is 1.32. The number of fused-ring (bicyclic) bond motifs is 1. The molecule has 1 aliphatic heterocycles. The summed E-state index contributed by atoms with van der Waals surface area (Å²) >= 11 is 0. The molecule has 10 heteroatoms. The van der Waals surface area contributed by atoms with Crippen molar-refractivity contribution in [1.82, 2.24) is 20.1 Å². The van der Waals surface area contributed by atoms with Gasteiger partial charge in [-0.05, 0) is 44.0 Å². The van der Waals surface area contributed by atoms with Gasteiger partial charge >= 0.3 is 5.97 Å². The SMILES string of the molecule is CCCCc1noc(-c2cnc(Nc3ccc4c(c3)C(C)(C)OC4=O)nc2NC(CO)c2ccccc2)n1. The van der Waals surface area contributed by atoms with Gasteiger partial charge in [-0.25, -0.2) is 9.78 Å². The number of carbonyl (C=O) groups excluding carboxylic acids is 1. The summed E-state index contributed by atoms with van der Waals surface area (Å²) in [4.78, 5) is 25.9. The van der Waals surface area contributed by atoms with Gasteiger partial charge in [0.2, 0.25) is 5.95 Å². The van der Waals surface area contributed by atoms with Crippen molar-refractivity contribution < 1.29 is 19.2 Å². The fourth-order valence-electron chi connectivity index (χ4n) is 4.36. The summed E-state index contributed by atoms with van der Waals surface area (Å²) in [7, 11) is 0. The molecule has 4 aromatic rings. The molecule has 3 heterocycles. The van der Waals surface area contributed by atoms with Crippen LogP contribution >= 0.6 is 0 Å². The van der Waals surface area contributed by atoms with Crippen LogP contribution in [0.3, 0.4) is 0 Å². The van der Waals surface area contributed by atoms with Gasteiger partial charge in [-0.15, -0.1) is 0 Å². The van der Waals surface area contributed by atoms with Crippen LogP contribution in [-0.2, 0) is 16.8 Å². The summed E-state index contributed by atoms with van der Waals surface area (Å²) in [6, 6.07) is 14.6. The van der Waals surface area contributed by atoms with Gasteiger partial charge in [0.05, 0.1) is 18.2 Å². The summed E-state index contributed by atoms with van der Waals surface area (Å²) in [5, 5.41) is 20.8. The molecule has 196 valence electrons. The lowest BCUT2D eigenvalue weighted by molar-refractivity contribution is 0.00954. The van der Waals surface area contributed by atoms with E-state index in [9.17, 15) is 9.90 Å². The Morgan fingerprint density at radius 3 is 2.66 bits per heavy atom. The molecular formula is C28H30N6O4. The van der Waals surface area contributed by atoms with Gasteiger partial charge in [-0.1, -0.05) is 48.8 Å². The van der Waals surface area contributed by atoms with Crippen LogP contribution in [0.1, 0.15) is 67.0 Å². The predicted octanol–water partition coefficient (Wildman–Crippen LogP) is 5.16. The number of rotatable bonds is 10. The molecule has 0 amide bonds. The van der Waals surface area contributed by atoms with Gasteiger partial charge in [0.1, 0.15) is 17.0 Å². The van der Waals surface area contributed by atoms with Crippen LogP contribution in [0, 0.1) is 0 Å². The number of unbranched alkanes of at least 4 members (excludes halogenated alkanes) is 1. The molecule has 2 aromatic heterocycles. The van der Waals surface area contributed by atoms with Crippen molar-refractivity contribution >= 4 is 23.4 Å². The number of benzene rings is 2. The van der Waals surface area contributed by atoms with E-state index >= 15 is 0 Å². The zero-order valence-electron chi connectivity index (χ0n) is 21.6. The molecule has 0 spiro atoms. The highest BCUT2D eigenvalue weighted by Gasteiger charge is 2.37. The number of ether oxygens (including phenoxy) is 1. The predicted molar refractivity (Wildman–Crippen MR) is 142 cm³/mol. The second-order valence-corrected chi connectivity index (χ2v) is 9.65. The van der Waals surface area contributed by atoms with Gasteiger partial charge in [0.25, 0.3) is 5.89 Å². The van der Waals surface area contributed by atoms with E-state index in [1.54, 1.807) is 18.3 Å². The normalized spacial score (nSPS) is 14.6. The molecule has 0 bridgehead atoms. The second-order valence-electron chi connectivity index (χ2n) is 9.65. The number of aryl methyl sites for hydroxylation is 1. The van der Waals surface area contributed by atoms with E-state index in [1.807, 2.05) is 50.2 Å². The maximum Gasteiger partial charge on any atom is 0.339 e. The van der Waals surface area contributed by atoms with Crippen molar-refractivity contribution in [2.75, 3.05) is 17.2 Å². The van der Waals surface area contributed by atoms with Gasteiger partial charge in [-0.2, -0.15) is 9.97 Å². The number of hydrogen-bond donors (Lipinski definition) is 3. The molecule has 38 heavy (non-hydrogen) atoms. The Hall–Kier alpha value is -4.31. The molecule has 0 radical (unpaired) electrons. The first kappa shape index (κ1) is 25.3. The number of aromatic nitrogens is 4. The highest BCUT2D eigenvalue weighted by atomic mass is 16.6. The first-order valence-corrected chi connectivity index (χ1v) is 12.6. The number of aliphatic hydroxyl groups is 1. The minimum absolute atomic E-state index is 0.157. The molecule has 5 rings (SSSR count). The monoisotopic (exact) mass is 514 g/mol. The van der Waals surface area contributed by atoms with Crippen LogP contribution in [-0.4, -0.2) is 37.8 Å². The molecule has 0 aliphatic carbocycles. The van der Waals surface area contributed by atoms with Crippen LogP contribution in [0.15, 0.2) is 59.3 Å². The van der Waals surface area contributed by atoms with E-state index in [2.05, 4.69) is 32.7 Å². The Labute approximate surface area is 220 Å². The maximum absolute atomic E-state index is 12.2. The fourth-order valence-corrected chi connectivity index (χ4v) is 4.36. The second kappa shape index (κ2) is 10.6. The number of cyclic esters (lactones) is 1. The molecular weight excluding hydrogens is 484 g/mol. The first-order chi connectivity index (χ1) is 18.4. The van der Waals surface area contributed by atoms with E-state index < -0.39 is 11.6 Å². The van der Waals surface area contributed by atoms with Crippen molar-refractivity contribution in [2.45, 2.75) is 51.7 Å². The highest BCUT2D eigenvalue weighted by molar-refractivity contribution is 5.95. The minimum atomic E-state index is -0.723. The molecule has 2 aromatic carbocycles. The average molecular weight is 515 g/mol. The molecule has 0 saturated heterocycles. The van der Waals surface area contributed by atoms with E-state index in [-0.39, 0.29) is 12.6 Å². The lowest BCUT2D eigenvalue weighted by atomic mass is 9.95. The van der Waals surface area contributed by atoms with Crippen LogP contribution in [0.2, 0.25) is 0 Å². The topological polar surface area (TPSA) is 135 Å². The van der Waals surface area contributed by atoms with Crippen molar-refractivity contribution in [2.24, 2.45) is 0 Å². The number of hydrogen-bond acceptors (Lipinski definition) is 10. The summed E-state index contributed by atoms with van der Waals surface area (Å²) in [6.07, 6.45) is 4.30. The minimum Gasteiger partial charge on any atom is -0.451 e. The van der Waals surface area contributed by atoms with E-state index in [0.717, 1.165) is 24.0 Å². The molecule has 3 N–H and O–H groups in total. The van der Waals surface area contributed by atoms with Crippen molar-refractivity contribution in [1.29, 1.82) is 0 Å². The smallest absolute Gasteiger partial charge is 0.339 e. The van der Waals surface area contributed by atoms with Crippen molar-refractivity contribution in [3.63, 3.8) is 0 Å². The molecule has 1 aliphatic rings. The summed E-state index contributed by atoms with van der Waals surface area (Å²) < 4.78 is 11.0. The van der Waals surface area contributed by atoms with Crippen LogP contribution in [0.4, 0.5) is 17.5 Å². The summed E-state index contributed by atoms with van der Waals surface area (Å²) in [6.45, 7) is 5.65. The molecule has 0 fully saturated rings. The number of carbonyl (C=O) groups is 1. The Morgan fingerprint density at radius 2 is 1.89 bits per heavy atom. The fraction of sp³-hybridized carbons (Fsp3) is 0.321. The van der Waals surface area contributed by atoms with Gasteiger partial charge in [0.15, 0.2) is 5.82 Å². The van der Waals surface area contributed by atoms with Gasteiger partial charge in [-0.3, -0.25) is 0 Å². The van der Waals surface area contributed by atoms with Crippen molar-refractivity contribution in [3.8, 4) is 11.5 Å². The van der Waals surface area contributed by atoms with E-state index in [1.165, 1.54) is 0 Å². The first-order valence-electron chi connectivity index (χ1n) is 12.6. The van der Waals surface area contributed by atoms with Crippen LogP contribution in [0.25, 0.3) is 11.5 Å². The molecule has 1 atom stereocenters. The van der Waals surface area contributed by atoms with Crippen LogP contribution in [0.5, 0.6) is 0 Å². The Bertz CT molecular complexity index is 1440. The largest absolute Gasteiger partial charge is 0.451 e. The zero-order valence-corrected chi connectivity index (χ0v) is 21.6. The average Bonchev–Trinajstić information content (AvgIpc) is 3.48. The zero-order chi connectivity index (χ0) is 26.7. The van der Waals surface area contributed by atoms with Gasteiger partial charge < -0.3 is 25.0 Å². The molecule has 10 nitrogen and oxygen atoms in total. The number of esters is 1. The van der Waals surface area contributed by atoms with Crippen LogP contribution < -0.4 is 10.6 Å². The van der Waals surface area contributed by atoms with E-state index in [4.69, 9.17) is 14.2 Å². The van der Waals surface area contributed by atoms with E-state index in [0.29, 0.717) is 46.7 Å². The highest BCUT2D eigenvalue weighted by Crippen LogP contribution is 2.38. The lowest BCUT2D eigenvalue weighted by Gasteiger charge is -2.20. The molecule has 1 unspecified atom stereocenters. The number of anilines is 3. The number of nitrogens with zero attached hydrogens (tertiary/aromatic N) is 4. The maximum atomic E-state index is 12.2. The number of nitrogens with one attached hydrogen (secondary N) is 2. The number of aliphatic hydroxyl groups excluding tert-OH is 1.